The third kappa shape index (κ3) is 4.78. The number of amides is 2. The molecule has 0 saturated heterocycles. The van der Waals surface area contributed by atoms with Gasteiger partial charge in [0.25, 0.3) is 0 Å². The van der Waals surface area contributed by atoms with Crippen LogP contribution in [0.5, 0.6) is 0 Å². The predicted molar refractivity (Wildman–Crippen MR) is 59.2 cm³/mol. The minimum Gasteiger partial charge on any atom is -0.358 e. The summed E-state index contributed by atoms with van der Waals surface area (Å²) in [6, 6.07) is 0. The van der Waals surface area contributed by atoms with Crippen LogP contribution < -0.4 is 11.1 Å². The molecule has 0 aromatic rings. The van der Waals surface area contributed by atoms with Gasteiger partial charge >= 0.3 is 0 Å². The molecule has 0 atom stereocenters. The maximum Gasteiger partial charge on any atom is 0.242 e. The topological polar surface area (TPSA) is 75.4 Å². The van der Waals surface area contributed by atoms with E-state index in [0.29, 0.717) is 6.54 Å². The average Bonchev–Trinajstić information content (AvgIpc) is 2.14. The summed E-state index contributed by atoms with van der Waals surface area (Å²) in [5, 5.41) is 2.49. The molecule has 0 radical (unpaired) electrons. The van der Waals surface area contributed by atoms with Crippen molar-refractivity contribution in [3.05, 3.63) is 0 Å². The lowest BCUT2D eigenvalue weighted by Gasteiger charge is -2.28. The van der Waals surface area contributed by atoms with Gasteiger partial charge in [-0.1, -0.05) is 6.92 Å². The maximum atomic E-state index is 11.8. The van der Waals surface area contributed by atoms with Crippen molar-refractivity contribution < 1.29 is 9.59 Å². The molecule has 0 saturated carbocycles. The maximum absolute atomic E-state index is 11.8. The molecule has 0 aromatic heterocycles. The Balaban J connectivity index is 4.52. The molecular formula is C10H21N3O2. The average molecular weight is 215 g/mol. The molecule has 15 heavy (non-hydrogen) atoms. The number of rotatable bonds is 5. The zero-order valence-corrected chi connectivity index (χ0v) is 9.96. The largest absolute Gasteiger partial charge is 0.358 e. The van der Waals surface area contributed by atoms with E-state index in [1.165, 1.54) is 4.90 Å². The molecule has 0 bridgehead atoms. The third-order valence-corrected chi connectivity index (χ3v) is 1.95. The number of hydrogen-bond acceptors (Lipinski definition) is 3. The van der Waals surface area contributed by atoms with Crippen LogP contribution in [0.4, 0.5) is 0 Å². The van der Waals surface area contributed by atoms with Gasteiger partial charge < -0.3 is 16.0 Å². The molecule has 0 heterocycles. The summed E-state index contributed by atoms with van der Waals surface area (Å²) in [4.78, 5) is 24.5. The number of hydrogen-bond donors (Lipinski definition) is 2. The summed E-state index contributed by atoms with van der Waals surface area (Å²) >= 11 is 0. The van der Waals surface area contributed by atoms with Crippen LogP contribution in [0.1, 0.15) is 27.2 Å². The summed E-state index contributed by atoms with van der Waals surface area (Å²) < 4.78 is 0. The molecule has 0 rings (SSSR count). The molecule has 0 unspecified atom stereocenters. The fraction of sp³-hybridized carbons (Fsp3) is 0.800. The van der Waals surface area contributed by atoms with Crippen LogP contribution in [-0.4, -0.2) is 42.4 Å². The van der Waals surface area contributed by atoms with Crippen molar-refractivity contribution in [2.75, 3.05) is 20.1 Å². The van der Waals surface area contributed by atoms with Gasteiger partial charge in [0.05, 0.1) is 12.1 Å². The van der Waals surface area contributed by atoms with Gasteiger partial charge in [-0.2, -0.15) is 0 Å². The van der Waals surface area contributed by atoms with E-state index in [9.17, 15) is 9.59 Å². The second-order valence-electron chi connectivity index (χ2n) is 4.12. The number of nitrogens with one attached hydrogen (secondary N) is 1. The van der Waals surface area contributed by atoms with Gasteiger partial charge in [-0.15, -0.1) is 0 Å². The van der Waals surface area contributed by atoms with Crippen LogP contribution in [0.2, 0.25) is 0 Å². The van der Waals surface area contributed by atoms with E-state index in [0.717, 1.165) is 6.42 Å². The van der Waals surface area contributed by atoms with Gasteiger partial charge in [-0.3, -0.25) is 9.59 Å². The zero-order valence-electron chi connectivity index (χ0n) is 9.96. The standard InChI is InChI=1S/C10H21N3O2/c1-5-6-13(7-8(14)12-4)9(15)10(2,3)11/h5-7,11H2,1-4H3,(H,12,14). The van der Waals surface area contributed by atoms with Crippen molar-refractivity contribution in [1.29, 1.82) is 0 Å². The van der Waals surface area contributed by atoms with Gasteiger partial charge in [0.1, 0.15) is 0 Å². The lowest BCUT2D eigenvalue weighted by molar-refractivity contribution is -0.139. The van der Waals surface area contributed by atoms with Crippen molar-refractivity contribution in [3.8, 4) is 0 Å². The highest BCUT2D eigenvalue weighted by Gasteiger charge is 2.28. The van der Waals surface area contributed by atoms with E-state index in [-0.39, 0.29) is 18.4 Å². The van der Waals surface area contributed by atoms with Crippen LogP contribution in [0.3, 0.4) is 0 Å². The number of likely N-dealkylation sites (N-methyl/N-ethyl adjacent to an activating group) is 1. The molecule has 88 valence electrons. The quantitative estimate of drug-likeness (QED) is 0.661. The first kappa shape index (κ1) is 13.9. The van der Waals surface area contributed by atoms with Crippen LogP contribution >= 0.6 is 0 Å². The molecule has 0 fully saturated rings. The molecule has 2 amide bonds. The SMILES string of the molecule is CCCN(CC(=O)NC)C(=O)C(C)(C)N. The molecule has 0 aliphatic heterocycles. The summed E-state index contributed by atoms with van der Waals surface area (Å²) in [6.45, 7) is 5.86. The Kier molecular flexibility index (Phi) is 5.28. The zero-order chi connectivity index (χ0) is 12.1. The number of carbonyl (C=O) groups excluding carboxylic acids is 2. The Hall–Kier alpha value is -1.10. The van der Waals surface area contributed by atoms with E-state index in [4.69, 9.17) is 5.73 Å². The van der Waals surface area contributed by atoms with Crippen molar-refractivity contribution in [1.82, 2.24) is 10.2 Å². The van der Waals surface area contributed by atoms with Crippen molar-refractivity contribution >= 4 is 11.8 Å². The summed E-state index contributed by atoms with van der Waals surface area (Å²) in [5.74, 6) is -0.381. The van der Waals surface area contributed by atoms with Gasteiger partial charge in [-0.25, -0.2) is 0 Å². The monoisotopic (exact) mass is 215 g/mol. The van der Waals surface area contributed by atoms with E-state index >= 15 is 0 Å². The third-order valence-electron chi connectivity index (χ3n) is 1.95. The number of nitrogens with zero attached hydrogens (tertiary/aromatic N) is 1. The van der Waals surface area contributed by atoms with E-state index in [2.05, 4.69) is 5.32 Å². The first-order valence-corrected chi connectivity index (χ1v) is 5.11. The molecule has 0 aliphatic rings. The van der Waals surface area contributed by atoms with E-state index < -0.39 is 5.54 Å². The van der Waals surface area contributed by atoms with Crippen LogP contribution in [-0.2, 0) is 9.59 Å². The Morgan fingerprint density at radius 3 is 2.27 bits per heavy atom. The first-order chi connectivity index (χ1) is 6.82. The minimum atomic E-state index is -0.927. The molecule has 0 aromatic carbocycles. The molecule has 5 heteroatoms. The highest BCUT2D eigenvalue weighted by Crippen LogP contribution is 2.05. The van der Waals surface area contributed by atoms with Crippen molar-refractivity contribution in [2.24, 2.45) is 5.73 Å². The molecular weight excluding hydrogens is 194 g/mol. The molecule has 0 spiro atoms. The van der Waals surface area contributed by atoms with Crippen LogP contribution in [0, 0.1) is 0 Å². The van der Waals surface area contributed by atoms with Gasteiger partial charge in [-0.05, 0) is 20.3 Å². The van der Waals surface area contributed by atoms with Gasteiger partial charge in [0, 0.05) is 13.6 Å². The molecule has 5 nitrogen and oxygen atoms in total. The summed E-state index contributed by atoms with van der Waals surface area (Å²) in [5.41, 5.74) is 4.78. The summed E-state index contributed by atoms with van der Waals surface area (Å²) in [6.07, 6.45) is 0.804. The first-order valence-electron chi connectivity index (χ1n) is 5.11. The van der Waals surface area contributed by atoms with Crippen LogP contribution in [0.15, 0.2) is 0 Å². The number of nitrogens with two attached hydrogens (primary N) is 1. The predicted octanol–water partition coefficient (Wildman–Crippen LogP) is -0.292. The second-order valence-corrected chi connectivity index (χ2v) is 4.12. The lowest BCUT2D eigenvalue weighted by Crippen LogP contribution is -2.53. The highest BCUT2D eigenvalue weighted by molar-refractivity contribution is 5.89. The number of carbonyl (C=O) groups is 2. The Morgan fingerprint density at radius 1 is 1.40 bits per heavy atom. The second kappa shape index (κ2) is 5.70. The van der Waals surface area contributed by atoms with Crippen molar-refractivity contribution in [3.63, 3.8) is 0 Å². The highest BCUT2D eigenvalue weighted by atomic mass is 16.2. The van der Waals surface area contributed by atoms with Crippen molar-refractivity contribution in [2.45, 2.75) is 32.7 Å². The molecule has 3 N–H and O–H groups in total. The van der Waals surface area contributed by atoms with Gasteiger partial charge in [0.2, 0.25) is 11.8 Å². The Labute approximate surface area is 91.0 Å². The lowest BCUT2D eigenvalue weighted by atomic mass is 10.1. The van der Waals surface area contributed by atoms with E-state index in [1.54, 1.807) is 20.9 Å². The smallest absolute Gasteiger partial charge is 0.242 e. The minimum absolute atomic E-state index is 0.0732. The summed E-state index contributed by atoms with van der Waals surface area (Å²) in [7, 11) is 1.55. The molecule has 0 aliphatic carbocycles. The Bertz CT molecular complexity index is 233. The van der Waals surface area contributed by atoms with Gasteiger partial charge in [0.15, 0.2) is 0 Å². The fourth-order valence-electron chi connectivity index (χ4n) is 1.18. The normalized spacial score (nSPS) is 11.0. The Morgan fingerprint density at radius 2 is 1.93 bits per heavy atom. The van der Waals surface area contributed by atoms with E-state index in [1.807, 2.05) is 6.92 Å². The fourth-order valence-corrected chi connectivity index (χ4v) is 1.18. The van der Waals surface area contributed by atoms with Crippen LogP contribution in [0.25, 0.3) is 0 Å².